The van der Waals surface area contributed by atoms with E-state index in [1.165, 1.54) is 4.90 Å². The van der Waals surface area contributed by atoms with E-state index in [1.807, 2.05) is 6.92 Å². The summed E-state index contributed by atoms with van der Waals surface area (Å²) in [5.41, 5.74) is 0. The summed E-state index contributed by atoms with van der Waals surface area (Å²) in [6, 6.07) is -0.243. The van der Waals surface area contributed by atoms with Gasteiger partial charge in [0, 0.05) is 13.6 Å². The van der Waals surface area contributed by atoms with Gasteiger partial charge >= 0.3 is 6.03 Å². The molecule has 0 aromatic carbocycles. The number of nitrogens with zero attached hydrogens (tertiary/aromatic N) is 1. The average molecular weight is 129 g/mol. The maximum absolute atomic E-state index is 10.6. The Bertz CT molecular complexity index is 113. The van der Waals surface area contributed by atoms with Gasteiger partial charge in [0.2, 0.25) is 0 Å². The molecule has 0 aliphatic rings. The van der Waals surface area contributed by atoms with E-state index in [2.05, 4.69) is 5.32 Å². The van der Waals surface area contributed by atoms with E-state index in [9.17, 15) is 4.79 Å². The van der Waals surface area contributed by atoms with Crippen molar-refractivity contribution >= 4 is 12.4 Å². The van der Waals surface area contributed by atoms with Crippen molar-refractivity contribution in [3.8, 4) is 0 Å². The standard InChI is InChI=1S/C5H11N3O/c1-3-8(2)5(9)7-4-6/h4H,3H2,1-2H3,(H2,6,7,9). The predicted molar refractivity (Wildman–Crippen MR) is 35.6 cm³/mol. The molecule has 0 unspecified atom stereocenters. The molecule has 0 aromatic rings. The van der Waals surface area contributed by atoms with Crippen molar-refractivity contribution in [3.05, 3.63) is 0 Å². The van der Waals surface area contributed by atoms with Crippen LogP contribution in [0, 0.1) is 5.41 Å². The van der Waals surface area contributed by atoms with E-state index >= 15 is 0 Å². The highest BCUT2D eigenvalue weighted by molar-refractivity contribution is 5.84. The van der Waals surface area contributed by atoms with E-state index in [1.54, 1.807) is 7.05 Å². The van der Waals surface area contributed by atoms with Crippen molar-refractivity contribution in [1.29, 1.82) is 5.41 Å². The minimum atomic E-state index is -0.243. The monoisotopic (exact) mass is 129 g/mol. The molecule has 4 heteroatoms. The van der Waals surface area contributed by atoms with Gasteiger partial charge in [-0.05, 0) is 6.92 Å². The van der Waals surface area contributed by atoms with Crippen LogP contribution in [0.15, 0.2) is 0 Å². The molecule has 0 rings (SSSR count). The van der Waals surface area contributed by atoms with E-state index in [4.69, 9.17) is 5.41 Å². The SMILES string of the molecule is CCN(C)C(=O)NC=N. The van der Waals surface area contributed by atoms with Crippen molar-refractivity contribution in [2.24, 2.45) is 0 Å². The van der Waals surface area contributed by atoms with E-state index in [0.29, 0.717) is 6.54 Å². The Morgan fingerprint density at radius 2 is 2.44 bits per heavy atom. The van der Waals surface area contributed by atoms with Crippen LogP contribution in [0.5, 0.6) is 0 Å². The Morgan fingerprint density at radius 1 is 1.89 bits per heavy atom. The third kappa shape index (κ3) is 2.69. The Morgan fingerprint density at radius 3 is 2.78 bits per heavy atom. The summed E-state index contributed by atoms with van der Waals surface area (Å²) >= 11 is 0. The first kappa shape index (κ1) is 7.94. The van der Waals surface area contributed by atoms with Gasteiger partial charge in [-0.2, -0.15) is 0 Å². The Balaban J connectivity index is 3.58. The van der Waals surface area contributed by atoms with Gasteiger partial charge in [-0.25, -0.2) is 4.79 Å². The highest BCUT2D eigenvalue weighted by atomic mass is 16.2. The highest BCUT2D eigenvalue weighted by Gasteiger charge is 2.00. The molecule has 2 N–H and O–H groups in total. The number of carbonyl (C=O) groups is 1. The summed E-state index contributed by atoms with van der Waals surface area (Å²) in [7, 11) is 1.67. The molecule has 52 valence electrons. The summed E-state index contributed by atoms with van der Waals surface area (Å²) in [5.74, 6) is 0. The van der Waals surface area contributed by atoms with Crippen LogP contribution in [0.25, 0.3) is 0 Å². The van der Waals surface area contributed by atoms with Crippen LogP contribution in [0.2, 0.25) is 0 Å². The molecule has 0 saturated carbocycles. The lowest BCUT2D eigenvalue weighted by molar-refractivity contribution is 0.216. The molecule has 0 saturated heterocycles. The number of amides is 2. The van der Waals surface area contributed by atoms with Crippen LogP contribution in [-0.4, -0.2) is 30.9 Å². The predicted octanol–water partition coefficient (Wildman–Crippen LogP) is 0.255. The van der Waals surface area contributed by atoms with Crippen LogP contribution >= 0.6 is 0 Å². The Labute approximate surface area is 54.4 Å². The number of carbonyl (C=O) groups excluding carboxylic acids is 1. The van der Waals surface area contributed by atoms with Crippen LogP contribution < -0.4 is 5.32 Å². The first-order chi connectivity index (χ1) is 4.22. The Hall–Kier alpha value is -1.06. The van der Waals surface area contributed by atoms with Gasteiger partial charge in [0.1, 0.15) is 0 Å². The molecule has 0 radical (unpaired) electrons. The van der Waals surface area contributed by atoms with Gasteiger partial charge in [-0.15, -0.1) is 0 Å². The second-order valence-electron chi connectivity index (χ2n) is 1.61. The molecule has 0 fully saturated rings. The maximum atomic E-state index is 10.6. The molecule has 0 spiro atoms. The van der Waals surface area contributed by atoms with Crippen molar-refractivity contribution in [2.45, 2.75) is 6.92 Å². The van der Waals surface area contributed by atoms with Gasteiger partial charge in [0.25, 0.3) is 0 Å². The van der Waals surface area contributed by atoms with Crippen LogP contribution in [-0.2, 0) is 0 Å². The van der Waals surface area contributed by atoms with Crippen LogP contribution in [0.1, 0.15) is 6.92 Å². The summed E-state index contributed by atoms with van der Waals surface area (Å²) in [6.45, 7) is 2.52. The highest BCUT2D eigenvalue weighted by Crippen LogP contribution is 1.78. The van der Waals surface area contributed by atoms with Gasteiger partial charge in [0.15, 0.2) is 0 Å². The van der Waals surface area contributed by atoms with Crippen molar-refractivity contribution < 1.29 is 4.79 Å². The van der Waals surface area contributed by atoms with Gasteiger partial charge in [-0.3, -0.25) is 10.7 Å². The lowest BCUT2D eigenvalue weighted by atomic mass is 10.6. The number of hydrogen-bond acceptors (Lipinski definition) is 2. The smallest absolute Gasteiger partial charge is 0.322 e. The second-order valence-corrected chi connectivity index (χ2v) is 1.61. The third-order valence-electron chi connectivity index (χ3n) is 1.02. The van der Waals surface area contributed by atoms with Crippen molar-refractivity contribution in [2.75, 3.05) is 13.6 Å². The number of rotatable bonds is 2. The first-order valence-electron chi connectivity index (χ1n) is 2.73. The van der Waals surface area contributed by atoms with Gasteiger partial charge < -0.3 is 4.90 Å². The zero-order valence-corrected chi connectivity index (χ0v) is 5.64. The van der Waals surface area contributed by atoms with Crippen LogP contribution in [0.4, 0.5) is 4.79 Å². The van der Waals surface area contributed by atoms with E-state index in [-0.39, 0.29) is 6.03 Å². The fraction of sp³-hybridized carbons (Fsp3) is 0.600. The largest absolute Gasteiger partial charge is 0.328 e. The van der Waals surface area contributed by atoms with E-state index in [0.717, 1.165) is 6.34 Å². The number of nitrogens with one attached hydrogen (secondary N) is 2. The molecule has 2 amide bonds. The zero-order valence-electron chi connectivity index (χ0n) is 5.64. The summed E-state index contributed by atoms with van der Waals surface area (Å²) < 4.78 is 0. The molecular weight excluding hydrogens is 118 g/mol. The molecule has 0 atom stereocenters. The average Bonchev–Trinajstić information content (AvgIpc) is 1.87. The van der Waals surface area contributed by atoms with E-state index < -0.39 is 0 Å². The van der Waals surface area contributed by atoms with Crippen LogP contribution in [0.3, 0.4) is 0 Å². The molecule has 0 aliphatic carbocycles. The fourth-order valence-corrected chi connectivity index (χ4v) is 0.316. The van der Waals surface area contributed by atoms with Gasteiger partial charge in [0.05, 0.1) is 6.34 Å². The number of urea groups is 1. The zero-order chi connectivity index (χ0) is 7.28. The molecule has 9 heavy (non-hydrogen) atoms. The second kappa shape index (κ2) is 3.88. The molecule has 0 aromatic heterocycles. The third-order valence-corrected chi connectivity index (χ3v) is 1.02. The molecule has 4 nitrogen and oxygen atoms in total. The molecule has 0 aliphatic heterocycles. The Kier molecular flexibility index (Phi) is 3.43. The topological polar surface area (TPSA) is 56.2 Å². The summed E-state index contributed by atoms with van der Waals surface area (Å²) in [5, 5.41) is 8.74. The quantitative estimate of drug-likeness (QED) is 0.407. The maximum Gasteiger partial charge on any atom is 0.322 e. The lowest BCUT2D eigenvalue weighted by Crippen LogP contribution is -2.35. The summed E-state index contributed by atoms with van der Waals surface area (Å²) in [4.78, 5) is 12.1. The first-order valence-corrected chi connectivity index (χ1v) is 2.73. The molecular formula is C5H11N3O. The van der Waals surface area contributed by atoms with Gasteiger partial charge in [-0.1, -0.05) is 0 Å². The normalized spacial score (nSPS) is 8.22. The molecule has 0 heterocycles. The minimum Gasteiger partial charge on any atom is -0.328 e. The minimum absolute atomic E-state index is 0.243. The number of hydrogen-bond donors (Lipinski definition) is 2. The fourth-order valence-electron chi connectivity index (χ4n) is 0.316. The van der Waals surface area contributed by atoms with Crippen molar-refractivity contribution in [1.82, 2.24) is 10.2 Å². The lowest BCUT2D eigenvalue weighted by Gasteiger charge is -2.12. The molecule has 0 bridgehead atoms. The summed E-state index contributed by atoms with van der Waals surface area (Å²) in [6.07, 6.45) is 0.870. The van der Waals surface area contributed by atoms with Crippen molar-refractivity contribution in [3.63, 3.8) is 0 Å².